The molecule has 8 nitrogen and oxygen atoms in total. The van der Waals surface area contributed by atoms with Crippen LogP contribution in [0.5, 0.6) is 17.2 Å². The van der Waals surface area contributed by atoms with Crippen molar-refractivity contribution in [1.82, 2.24) is 9.21 Å². The number of piperazine rings is 1. The van der Waals surface area contributed by atoms with E-state index < -0.39 is 10.0 Å². The van der Waals surface area contributed by atoms with Crippen LogP contribution in [0, 0.1) is 0 Å². The number of nitrogens with zero attached hydrogens (tertiary/aromatic N) is 2. The van der Waals surface area contributed by atoms with Crippen LogP contribution in [0.25, 0.3) is 0 Å². The summed E-state index contributed by atoms with van der Waals surface area (Å²) in [5, 5.41) is 0. The van der Waals surface area contributed by atoms with E-state index in [9.17, 15) is 13.2 Å². The second kappa shape index (κ2) is 9.57. The minimum absolute atomic E-state index is 0.219. The molecule has 1 saturated heterocycles. The van der Waals surface area contributed by atoms with Crippen LogP contribution in [0.1, 0.15) is 22.8 Å². The Balaban J connectivity index is 1.74. The summed E-state index contributed by atoms with van der Waals surface area (Å²) in [6, 6.07) is 10.1. The van der Waals surface area contributed by atoms with Gasteiger partial charge in [-0.1, -0.05) is 19.1 Å². The number of aryl methyl sites for hydroxylation is 1. The van der Waals surface area contributed by atoms with Crippen molar-refractivity contribution < 1.29 is 27.4 Å². The van der Waals surface area contributed by atoms with Crippen LogP contribution in [0.3, 0.4) is 0 Å². The van der Waals surface area contributed by atoms with Crippen molar-refractivity contribution in [1.29, 1.82) is 0 Å². The van der Waals surface area contributed by atoms with Gasteiger partial charge in [-0.2, -0.15) is 4.31 Å². The third kappa shape index (κ3) is 4.62. The highest BCUT2D eigenvalue weighted by atomic mass is 32.2. The van der Waals surface area contributed by atoms with Crippen LogP contribution >= 0.6 is 0 Å². The molecule has 0 unspecified atom stereocenters. The first kappa shape index (κ1) is 22.9. The van der Waals surface area contributed by atoms with Gasteiger partial charge in [-0.25, -0.2) is 8.42 Å². The molecule has 0 saturated carbocycles. The van der Waals surface area contributed by atoms with Crippen LogP contribution in [0.2, 0.25) is 0 Å². The third-order valence-corrected chi connectivity index (χ3v) is 7.32. The summed E-state index contributed by atoms with van der Waals surface area (Å²) in [5.41, 5.74) is 1.47. The van der Waals surface area contributed by atoms with Crippen LogP contribution in [-0.4, -0.2) is 71.0 Å². The fourth-order valence-corrected chi connectivity index (χ4v) is 4.99. The number of carbonyl (C=O) groups excluding carboxylic acids is 1. The number of rotatable bonds is 7. The van der Waals surface area contributed by atoms with E-state index in [1.807, 2.05) is 19.1 Å². The molecule has 0 aliphatic carbocycles. The highest BCUT2D eigenvalue weighted by molar-refractivity contribution is 7.89. The maximum atomic E-state index is 13.0. The summed E-state index contributed by atoms with van der Waals surface area (Å²) < 4.78 is 43.3. The van der Waals surface area contributed by atoms with E-state index in [1.165, 1.54) is 25.6 Å². The summed E-state index contributed by atoms with van der Waals surface area (Å²) >= 11 is 0. The standard InChI is InChI=1S/C22H28N2O6S/c1-5-16-6-8-18(9-7-16)31(26,27)24-12-10-23(11-13-24)22(25)17-14-19(28-2)21(30-4)20(15-17)29-3/h6-9,14-15H,5,10-13H2,1-4H3. The molecule has 0 bridgehead atoms. The molecule has 0 atom stereocenters. The van der Waals surface area contributed by atoms with Crippen LogP contribution in [0.4, 0.5) is 0 Å². The van der Waals surface area contributed by atoms with Gasteiger partial charge in [0.1, 0.15) is 0 Å². The Bertz CT molecular complexity index is 1000. The lowest BCUT2D eigenvalue weighted by atomic mass is 10.1. The molecule has 1 aliphatic rings. The second-order valence-corrected chi connectivity index (χ2v) is 9.05. The van der Waals surface area contributed by atoms with E-state index in [0.717, 1.165) is 12.0 Å². The van der Waals surface area contributed by atoms with E-state index in [0.29, 0.717) is 35.9 Å². The quantitative estimate of drug-likeness (QED) is 0.647. The lowest BCUT2D eigenvalue weighted by Gasteiger charge is -2.34. The van der Waals surface area contributed by atoms with Gasteiger partial charge in [-0.05, 0) is 36.2 Å². The summed E-state index contributed by atoms with van der Waals surface area (Å²) in [4.78, 5) is 14.9. The fourth-order valence-electron chi connectivity index (χ4n) is 3.56. The van der Waals surface area contributed by atoms with Gasteiger partial charge >= 0.3 is 0 Å². The molecule has 9 heteroatoms. The topological polar surface area (TPSA) is 85.4 Å². The average molecular weight is 449 g/mol. The second-order valence-electron chi connectivity index (χ2n) is 7.11. The third-order valence-electron chi connectivity index (χ3n) is 5.41. The molecule has 168 valence electrons. The Hall–Kier alpha value is -2.78. The molecule has 1 heterocycles. The Morgan fingerprint density at radius 2 is 1.45 bits per heavy atom. The highest BCUT2D eigenvalue weighted by Gasteiger charge is 2.31. The average Bonchev–Trinajstić information content (AvgIpc) is 2.82. The number of benzene rings is 2. The summed E-state index contributed by atoms with van der Waals surface area (Å²) in [6.07, 6.45) is 0.849. The van der Waals surface area contributed by atoms with Crippen LogP contribution in [-0.2, 0) is 16.4 Å². The molecule has 31 heavy (non-hydrogen) atoms. The van der Waals surface area contributed by atoms with Crippen LogP contribution in [0.15, 0.2) is 41.3 Å². The van der Waals surface area contributed by atoms with E-state index >= 15 is 0 Å². The largest absolute Gasteiger partial charge is 0.493 e. The maximum absolute atomic E-state index is 13.0. The SMILES string of the molecule is CCc1ccc(S(=O)(=O)N2CCN(C(=O)c3cc(OC)c(OC)c(OC)c3)CC2)cc1. The minimum atomic E-state index is -3.59. The van der Waals surface area contributed by atoms with Gasteiger partial charge in [0.05, 0.1) is 26.2 Å². The van der Waals surface area contributed by atoms with Gasteiger partial charge in [0.15, 0.2) is 11.5 Å². The molecular formula is C22H28N2O6S. The normalized spacial score (nSPS) is 14.9. The van der Waals surface area contributed by atoms with Gasteiger partial charge in [0.25, 0.3) is 5.91 Å². The fraction of sp³-hybridized carbons (Fsp3) is 0.409. The van der Waals surface area contributed by atoms with Crippen molar-refractivity contribution in [2.24, 2.45) is 0 Å². The monoisotopic (exact) mass is 448 g/mol. The Kier molecular flexibility index (Phi) is 7.07. The molecule has 0 aromatic heterocycles. The van der Waals surface area contributed by atoms with Crippen LogP contribution < -0.4 is 14.2 Å². The van der Waals surface area contributed by atoms with Crippen molar-refractivity contribution in [3.63, 3.8) is 0 Å². The Labute approximate surface area is 183 Å². The molecule has 1 amide bonds. The lowest BCUT2D eigenvalue weighted by Crippen LogP contribution is -2.50. The first-order valence-electron chi connectivity index (χ1n) is 10.0. The summed E-state index contributed by atoms with van der Waals surface area (Å²) in [7, 11) is 0.882. The van der Waals surface area contributed by atoms with Crippen molar-refractivity contribution in [3.8, 4) is 17.2 Å². The highest BCUT2D eigenvalue weighted by Crippen LogP contribution is 2.38. The van der Waals surface area contributed by atoms with E-state index in [1.54, 1.807) is 29.2 Å². The molecule has 3 rings (SSSR count). The van der Waals surface area contributed by atoms with E-state index in [2.05, 4.69) is 0 Å². The predicted molar refractivity (Wildman–Crippen MR) is 117 cm³/mol. The number of methoxy groups -OCH3 is 3. The van der Waals surface area contributed by atoms with Crippen molar-refractivity contribution in [2.75, 3.05) is 47.5 Å². The van der Waals surface area contributed by atoms with Gasteiger partial charge in [-0.15, -0.1) is 0 Å². The number of hydrogen-bond acceptors (Lipinski definition) is 6. The number of sulfonamides is 1. The Morgan fingerprint density at radius 1 is 0.903 bits per heavy atom. The number of amides is 1. The molecule has 2 aromatic carbocycles. The summed E-state index contributed by atoms with van der Waals surface area (Å²) in [5.74, 6) is 0.971. The molecule has 2 aromatic rings. The summed E-state index contributed by atoms with van der Waals surface area (Å²) in [6.45, 7) is 3.07. The molecule has 0 N–H and O–H groups in total. The molecular weight excluding hydrogens is 420 g/mol. The first-order chi connectivity index (χ1) is 14.8. The van der Waals surface area contributed by atoms with Crippen molar-refractivity contribution in [2.45, 2.75) is 18.2 Å². The lowest BCUT2D eigenvalue weighted by molar-refractivity contribution is 0.0697. The minimum Gasteiger partial charge on any atom is -0.493 e. The number of ether oxygens (including phenoxy) is 3. The number of hydrogen-bond donors (Lipinski definition) is 0. The van der Waals surface area contributed by atoms with E-state index in [-0.39, 0.29) is 23.9 Å². The van der Waals surface area contributed by atoms with Gasteiger partial charge in [0, 0.05) is 31.7 Å². The predicted octanol–water partition coefficient (Wildman–Crippen LogP) is 2.42. The zero-order valence-electron chi connectivity index (χ0n) is 18.3. The Morgan fingerprint density at radius 3 is 1.90 bits per heavy atom. The van der Waals surface area contributed by atoms with Gasteiger partial charge < -0.3 is 19.1 Å². The smallest absolute Gasteiger partial charge is 0.254 e. The van der Waals surface area contributed by atoms with Gasteiger partial charge in [0.2, 0.25) is 15.8 Å². The molecule has 0 radical (unpaired) electrons. The molecule has 0 spiro atoms. The zero-order chi connectivity index (χ0) is 22.6. The zero-order valence-corrected chi connectivity index (χ0v) is 19.1. The first-order valence-corrected chi connectivity index (χ1v) is 11.5. The van der Waals surface area contributed by atoms with Crippen molar-refractivity contribution >= 4 is 15.9 Å². The van der Waals surface area contributed by atoms with Crippen molar-refractivity contribution in [3.05, 3.63) is 47.5 Å². The van der Waals surface area contributed by atoms with Gasteiger partial charge in [-0.3, -0.25) is 4.79 Å². The number of carbonyl (C=O) groups is 1. The molecule has 1 aliphatic heterocycles. The maximum Gasteiger partial charge on any atom is 0.254 e. The molecule has 1 fully saturated rings. The van der Waals surface area contributed by atoms with E-state index in [4.69, 9.17) is 14.2 Å².